The van der Waals surface area contributed by atoms with Gasteiger partial charge in [0.1, 0.15) is 0 Å². The van der Waals surface area contributed by atoms with Gasteiger partial charge in [0, 0.05) is 27.7 Å². The van der Waals surface area contributed by atoms with Crippen molar-refractivity contribution in [3.8, 4) is 0 Å². The summed E-state index contributed by atoms with van der Waals surface area (Å²) in [6, 6.07) is 15.5. The number of carbonyl (C=O) groups excluding carboxylic acids is 1. The zero-order valence-electron chi connectivity index (χ0n) is 10.9. The first kappa shape index (κ1) is 13.2. The van der Waals surface area contributed by atoms with Crippen molar-refractivity contribution in [3.63, 3.8) is 0 Å². The highest BCUT2D eigenvalue weighted by Gasteiger charge is 2.11. The van der Waals surface area contributed by atoms with Crippen molar-refractivity contribution >= 4 is 45.1 Å². The second-order valence-corrected chi connectivity index (χ2v) is 5.76. The maximum atomic E-state index is 12.4. The van der Waals surface area contributed by atoms with E-state index in [2.05, 4.69) is 27.9 Å². The van der Waals surface area contributed by atoms with E-state index in [0.717, 1.165) is 20.2 Å². The van der Waals surface area contributed by atoms with Crippen LogP contribution in [0.2, 0.25) is 0 Å². The Hall–Kier alpha value is -1.82. The normalized spacial score (nSPS) is 10.7. The predicted octanol–water partition coefficient (Wildman–Crippen LogP) is 4.04. The number of benzene rings is 2. The van der Waals surface area contributed by atoms with E-state index in [1.807, 2.05) is 66.3 Å². The van der Waals surface area contributed by atoms with Crippen molar-refractivity contribution in [1.82, 2.24) is 4.57 Å². The number of hydrogen-bond acceptors (Lipinski definition) is 1. The van der Waals surface area contributed by atoms with E-state index in [1.165, 1.54) is 0 Å². The molecule has 0 saturated carbocycles. The molecule has 100 valence electrons. The monoisotopic (exact) mass is 376 g/mol. The molecule has 0 atom stereocenters. The molecule has 2 aromatic carbocycles. The Bertz CT molecular complexity index is 792. The lowest BCUT2D eigenvalue weighted by atomic mass is 10.2. The summed E-state index contributed by atoms with van der Waals surface area (Å²) < 4.78 is 2.99. The number of carbonyl (C=O) groups is 1. The highest BCUT2D eigenvalue weighted by Crippen LogP contribution is 2.24. The Balaban J connectivity index is 1.98. The number of halogens is 1. The van der Waals surface area contributed by atoms with Crippen LogP contribution in [0.15, 0.2) is 54.7 Å². The average Bonchev–Trinajstić information content (AvgIpc) is 2.82. The van der Waals surface area contributed by atoms with Crippen molar-refractivity contribution < 1.29 is 4.79 Å². The third kappa shape index (κ3) is 2.31. The van der Waals surface area contributed by atoms with Crippen LogP contribution < -0.4 is 5.32 Å². The molecule has 0 radical (unpaired) electrons. The van der Waals surface area contributed by atoms with E-state index in [0.29, 0.717) is 5.56 Å². The molecule has 3 rings (SSSR count). The largest absolute Gasteiger partial charge is 0.350 e. The SMILES string of the molecule is Cn1ccc2c(NC(=O)c3ccccc3I)cccc21. The molecule has 1 heterocycles. The van der Waals surface area contributed by atoms with Crippen LogP contribution in [0, 0.1) is 3.57 Å². The van der Waals surface area contributed by atoms with Crippen LogP contribution >= 0.6 is 22.6 Å². The number of amides is 1. The van der Waals surface area contributed by atoms with E-state index >= 15 is 0 Å². The van der Waals surface area contributed by atoms with E-state index in [9.17, 15) is 4.79 Å². The van der Waals surface area contributed by atoms with E-state index in [4.69, 9.17) is 0 Å². The van der Waals surface area contributed by atoms with Crippen molar-refractivity contribution in [2.45, 2.75) is 0 Å². The fourth-order valence-corrected chi connectivity index (χ4v) is 2.88. The molecule has 20 heavy (non-hydrogen) atoms. The van der Waals surface area contributed by atoms with Gasteiger partial charge >= 0.3 is 0 Å². The number of aromatic nitrogens is 1. The van der Waals surface area contributed by atoms with E-state index < -0.39 is 0 Å². The summed E-state index contributed by atoms with van der Waals surface area (Å²) in [7, 11) is 1.99. The molecule has 0 aliphatic carbocycles. The molecule has 1 N–H and O–H groups in total. The summed E-state index contributed by atoms with van der Waals surface area (Å²) in [5.41, 5.74) is 2.64. The van der Waals surface area contributed by atoms with Crippen LogP contribution in [0.1, 0.15) is 10.4 Å². The molecular formula is C16H13IN2O. The fourth-order valence-electron chi connectivity index (χ4n) is 2.25. The highest BCUT2D eigenvalue weighted by atomic mass is 127. The van der Waals surface area contributed by atoms with Gasteiger partial charge in [0.05, 0.1) is 11.3 Å². The summed E-state index contributed by atoms with van der Waals surface area (Å²) >= 11 is 2.18. The van der Waals surface area contributed by atoms with E-state index in [1.54, 1.807) is 0 Å². The molecule has 0 bridgehead atoms. The zero-order chi connectivity index (χ0) is 14.1. The first-order valence-electron chi connectivity index (χ1n) is 6.27. The molecule has 0 spiro atoms. The summed E-state index contributed by atoms with van der Waals surface area (Å²) in [6.07, 6.45) is 1.99. The molecular weight excluding hydrogens is 363 g/mol. The molecule has 4 heteroatoms. The Morgan fingerprint density at radius 2 is 1.90 bits per heavy atom. The van der Waals surface area contributed by atoms with Gasteiger partial charge in [-0.05, 0) is 52.9 Å². The van der Waals surface area contributed by atoms with Crippen LogP contribution in [-0.4, -0.2) is 10.5 Å². The Labute approximate surface area is 130 Å². The van der Waals surface area contributed by atoms with Gasteiger partial charge in [-0.25, -0.2) is 0 Å². The van der Waals surface area contributed by atoms with Crippen LogP contribution in [0.5, 0.6) is 0 Å². The lowest BCUT2D eigenvalue weighted by molar-refractivity contribution is 0.102. The number of nitrogens with one attached hydrogen (secondary N) is 1. The fraction of sp³-hybridized carbons (Fsp3) is 0.0625. The van der Waals surface area contributed by atoms with Gasteiger partial charge in [-0.3, -0.25) is 4.79 Å². The molecule has 0 unspecified atom stereocenters. The van der Waals surface area contributed by atoms with Crippen molar-refractivity contribution in [1.29, 1.82) is 0 Å². The Morgan fingerprint density at radius 1 is 1.10 bits per heavy atom. The van der Waals surface area contributed by atoms with Gasteiger partial charge < -0.3 is 9.88 Å². The van der Waals surface area contributed by atoms with Gasteiger partial charge in [-0.2, -0.15) is 0 Å². The lowest BCUT2D eigenvalue weighted by Gasteiger charge is -2.08. The van der Waals surface area contributed by atoms with Crippen LogP contribution in [0.4, 0.5) is 5.69 Å². The minimum absolute atomic E-state index is 0.0775. The average molecular weight is 376 g/mol. The summed E-state index contributed by atoms with van der Waals surface area (Å²) in [4.78, 5) is 12.4. The molecule has 0 aliphatic rings. The number of anilines is 1. The van der Waals surface area contributed by atoms with Crippen LogP contribution in [-0.2, 0) is 7.05 Å². The smallest absolute Gasteiger partial charge is 0.256 e. The molecule has 0 saturated heterocycles. The topological polar surface area (TPSA) is 34.0 Å². The molecule has 3 nitrogen and oxygen atoms in total. The third-order valence-corrected chi connectivity index (χ3v) is 4.24. The number of hydrogen-bond donors (Lipinski definition) is 1. The molecule has 3 aromatic rings. The zero-order valence-corrected chi connectivity index (χ0v) is 13.1. The van der Waals surface area contributed by atoms with Gasteiger partial charge in [0.25, 0.3) is 5.91 Å². The van der Waals surface area contributed by atoms with Gasteiger partial charge in [0.2, 0.25) is 0 Å². The minimum atomic E-state index is -0.0775. The first-order valence-corrected chi connectivity index (χ1v) is 7.34. The van der Waals surface area contributed by atoms with Crippen molar-refractivity contribution in [2.75, 3.05) is 5.32 Å². The molecule has 1 amide bonds. The molecule has 0 fully saturated rings. The summed E-state index contributed by atoms with van der Waals surface area (Å²) in [5.74, 6) is -0.0775. The number of nitrogens with zero attached hydrogens (tertiary/aromatic N) is 1. The second-order valence-electron chi connectivity index (χ2n) is 4.60. The maximum Gasteiger partial charge on any atom is 0.256 e. The van der Waals surface area contributed by atoms with Gasteiger partial charge in [0.15, 0.2) is 0 Å². The summed E-state index contributed by atoms with van der Waals surface area (Å²) in [6.45, 7) is 0. The van der Waals surface area contributed by atoms with Gasteiger partial charge in [-0.1, -0.05) is 18.2 Å². The standard InChI is InChI=1S/C16H13IN2O/c1-19-10-9-12-14(7-4-8-15(12)19)18-16(20)11-5-2-3-6-13(11)17/h2-10H,1H3,(H,18,20). The highest BCUT2D eigenvalue weighted by molar-refractivity contribution is 14.1. The summed E-state index contributed by atoms with van der Waals surface area (Å²) in [5, 5.41) is 4.05. The molecule has 1 aromatic heterocycles. The van der Waals surface area contributed by atoms with Crippen LogP contribution in [0.3, 0.4) is 0 Å². The van der Waals surface area contributed by atoms with Crippen LogP contribution in [0.25, 0.3) is 10.9 Å². The lowest BCUT2D eigenvalue weighted by Crippen LogP contribution is -2.13. The predicted molar refractivity (Wildman–Crippen MR) is 90.0 cm³/mol. The maximum absolute atomic E-state index is 12.4. The Morgan fingerprint density at radius 3 is 2.70 bits per heavy atom. The van der Waals surface area contributed by atoms with Gasteiger partial charge in [-0.15, -0.1) is 0 Å². The minimum Gasteiger partial charge on any atom is -0.350 e. The number of aryl methyl sites for hydroxylation is 1. The molecule has 0 aliphatic heterocycles. The number of fused-ring (bicyclic) bond motifs is 1. The quantitative estimate of drug-likeness (QED) is 0.674. The Kier molecular flexibility index (Phi) is 3.48. The number of rotatable bonds is 2. The van der Waals surface area contributed by atoms with Crippen molar-refractivity contribution in [2.24, 2.45) is 7.05 Å². The second kappa shape index (κ2) is 5.28. The van der Waals surface area contributed by atoms with Crippen molar-refractivity contribution in [3.05, 3.63) is 63.9 Å². The van der Waals surface area contributed by atoms with E-state index in [-0.39, 0.29) is 5.91 Å². The third-order valence-electron chi connectivity index (χ3n) is 3.29. The first-order chi connectivity index (χ1) is 9.66.